The molecule has 0 bridgehead atoms. The van der Waals surface area contributed by atoms with Gasteiger partial charge in [-0.1, -0.05) is 23.2 Å². The number of carbonyl (C=O) groups excluding carboxylic acids is 1. The van der Waals surface area contributed by atoms with Crippen molar-refractivity contribution in [3.05, 3.63) is 50.7 Å². The second-order valence-electron chi connectivity index (χ2n) is 6.10. The standard InChI is InChI=1S/C17H16Cl2N6OS/c1-11-21-14(10-15(22-11)25-4-2-3-20-25)23-5-7-24(8-6-23)17(26)12-9-13(18)27-16(12)19/h2-4,9-10H,5-8H2,1H3. The molecule has 4 rings (SSSR count). The fraction of sp³-hybridized carbons (Fsp3) is 0.294. The highest BCUT2D eigenvalue weighted by Gasteiger charge is 2.26. The maximum atomic E-state index is 12.7. The first-order valence-electron chi connectivity index (χ1n) is 8.36. The molecule has 0 unspecified atom stereocenters. The van der Waals surface area contributed by atoms with Gasteiger partial charge in [-0.15, -0.1) is 11.3 Å². The van der Waals surface area contributed by atoms with Crippen molar-refractivity contribution in [1.29, 1.82) is 0 Å². The van der Waals surface area contributed by atoms with E-state index >= 15 is 0 Å². The predicted octanol–water partition coefficient (Wildman–Crippen LogP) is 3.30. The maximum absolute atomic E-state index is 12.7. The van der Waals surface area contributed by atoms with E-state index in [-0.39, 0.29) is 5.91 Å². The van der Waals surface area contributed by atoms with Gasteiger partial charge in [0.05, 0.1) is 9.90 Å². The molecule has 0 spiro atoms. The summed E-state index contributed by atoms with van der Waals surface area (Å²) >= 11 is 13.3. The van der Waals surface area contributed by atoms with Crippen LogP contribution in [0, 0.1) is 6.92 Å². The van der Waals surface area contributed by atoms with E-state index in [2.05, 4.69) is 20.0 Å². The Morgan fingerprint density at radius 2 is 1.85 bits per heavy atom. The number of piperazine rings is 1. The Morgan fingerprint density at radius 1 is 1.11 bits per heavy atom. The minimum atomic E-state index is -0.0844. The molecule has 1 aliphatic rings. The van der Waals surface area contributed by atoms with Crippen LogP contribution in [0.15, 0.2) is 30.6 Å². The number of nitrogens with zero attached hydrogens (tertiary/aromatic N) is 6. The normalized spacial score (nSPS) is 14.6. The SMILES string of the molecule is Cc1nc(N2CCN(C(=O)c3cc(Cl)sc3Cl)CC2)cc(-n2cccn2)n1. The average Bonchev–Trinajstić information content (AvgIpc) is 3.30. The quantitative estimate of drug-likeness (QED) is 0.647. The number of carbonyl (C=O) groups is 1. The number of thiophene rings is 1. The highest BCUT2D eigenvalue weighted by atomic mass is 35.5. The Morgan fingerprint density at radius 3 is 2.48 bits per heavy atom. The molecule has 1 fully saturated rings. The van der Waals surface area contributed by atoms with Gasteiger partial charge in [0.1, 0.15) is 16.0 Å². The Bertz CT molecular complexity index is 966. The molecule has 0 aromatic carbocycles. The van der Waals surface area contributed by atoms with Gasteiger partial charge in [0.25, 0.3) is 5.91 Å². The lowest BCUT2D eigenvalue weighted by Crippen LogP contribution is -2.49. The molecular weight excluding hydrogens is 407 g/mol. The van der Waals surface area contributed by atoms with Crippen LogP contribution in [0.3, 0.4) is 0 Å². The zero-order chi connectivity index (χ0) is 19.0. The minimum Gasteiger partial charge on any atom is -0.353 e. The van der Waals surface area contributed by atoms with Crippen molar-refractivity contribution in [2.45, 2.75) is 6.92 Å². The van der Waals surface area contributed by atoms with E-state index in [9.17, 15) is 4.79 Å². The van der Waals surface area contributed by atoms with Gasteiger partial charge in [0, 0.05) is 44.6 Å². The molecular formula is C17H16Cl2N6OS. The molecule has 10 heteroatoms. The Labute approximate surface area is 170 Å². The molecule has 3 aromatic rings. The number of aromatic nitrogens is 4. The highest BCUT2D eigenvalue weighted by Crippen LogP contribution is 2.32. The van der Waals surface area contributed by atoms with Crippen LogP contribution in [0.4, 0.5) is 5.82 Å². The fourth-order valence-corrected chi connectivity index (χ4v) is 4.46. The van der Waals surface area contributed by atoms with Crippen molar-refractivity contribution in [3.8, 4) is 5.82 Å². The predicted molar refractivity (Wildman–Crippen MR) is 106 cm³/mol. The number of halogens is 2. The zero-order valence-electron chi connectivity index (χ0n) is 14.5. The van der Waals surface area contributed by atoms with E-state index in [1.165, 1.54) is 11.3 Å². The van der Waals surface area contributed by atoms with Crippen molar-refractivity contribution in [1.82, 2.24) is 24.6 Å². The van der Waals surface area contributed by atoms with Crippen molar-refractivity contribution >= 4 is 46.3 Å². The van der Waals surface area contributed by atoms with Crippen LogP contribution in [-0.2, 0) is 0 Å². The monoisotopic (exact) mass is 422 g/mol. The number of amides is 1. The van der Waals surface area contributed by atoms with Gasteiger partial charge >= 0.3 is 0 Å². The smallest absolute Gasteiger partial charge is 0.256 e. The Kier molecular flexibility index (Phi) is 5.03. The zero-order valence-corrected chi connectivity index (χ0v) is 16.8. The van der Waals surface area contributed by atoms with E-state index < -0.39 is 0 Å². The topological polar surface area (TPSA) is 67.2 Å². The van der Waals surface area contributed by atoms with E-state index in [4.69, 9.17) is 23.2 Å². The first-order valence-corrected chi connectivity index (χ1v) is 9.93. The minimum absolute atomic E-state index is 0.0844. The van der Waals surface area contributed by atoms with Gasteiger partial charge in [-0.2, -0.15) is 5.10 Å². The lowest BCUT2D eigenvalue weighted by Gasteiger charge is -2.35. The van der Waals surface area contributed by atoms with Gasteiger partial charge in [0.15, 0.2) is 5.82 Å². The maximum Gasteiger partial charge on any atom is 0.256 e. The van der Waals surface area contributed by atoms with E-state index in [1.54, 1.807) is 21.8 Å². The number of rotatable bonds is 3. The number of aryl methyl sites for hydroxylation is 1. The molecule has 1 aliphatic heterocycles. The van der Waals surface area contributed by atoms with Crippen LogP contribution >= 0.6 is 34.5 Å². The first-order chi connectivity index (χ1) is 13.0. The summed E-state index contributed by atoms with van der Waals surface area (Å²) in [5.74, 6) is 2.15. The molecule has 0 radical (unpaired) electrons. The molecule has 1 saturated heterocycles. The fourth-order valence-electron chi connectivity index (χ4n) is 3.02. The second kappa shape index (κ2) is 7.46. The van der Waals surface area contributed by atoms with Crippen molar-refractivity contribution in [3.63, 3.8) is 0 Å². The summed E-state index contributed by atoms with van der Waals surface area (Å²) in [7, 11) is 0. The lowest BCUT2D eigenvalue weighted by molar-refractivity contribution is 0.0747. The van der Waals surface area contributed by atoms with E-state index in [1.807, 2.05) is 25.3 Å². The Balaban J connectivity index is 1.48. The van der Waals surface area contributed by atoms with Gasteiger partial charge in [-0.05, 0) is 19.1 Å². The highest BCUT2D eigenvalue weighted by molar-refractivity contribution is 7.20. The third kappa shape index (κ3) is 3.78. The largest absolute Gasteiger partial charge is 0.353 e. The molecule has 0 aliphatic carbocycles. The molecule has 7 nitrogen and oxygen atoms in total. The molecule has 0 N–H and O–H groups in total. The van der Waals surface area contributed by atoms with Crippen LogP contribution in [0.2, 0.25) is 8.67 Å². The molecule has 1 amide bonds. The van der Waals surface area contributed by atoms with Crippen LogP contribution in [-0.4, -0.2) is 56.7 Å². The van der Waals surface area contributed by atoms with Gasteiger partial charge in [-0.3, -0.25) is 4.79 Å². The number of hydrogen-bond acceptors (Lipinski definition) is 6. The summed E-state index contributed by atoms with van der Waals surface area (Å²) in [6.07, 6.45) is 3.56. The van der Waals surface area contributed by atoms with Crippen LogP contribution < -0.4 is 4.90 Å². The molecule has 0 saturated carbocycles. The third-order valence-corrected chi connectivity index (χ3v) is 5.82. The average molecular weight is 423 g/mol. The summed E-state index contributed by atoms with van der Waals surface area (Å²) in [6.45, 7) is 4.39. The molecule has 27 heavy (non-hydrogen) atoms. The van der Waals surface area contributed by atoms with Crippen molar-refractivity contribution in [2.75, 3.05) is 31.1 Å². The molecule has 3 aromatic heterocycles. The summed E-state index contributed by atoms with van der Waals surface area (Å²) in [4.78, 5) is 25.6. The van der Waals surface area contributed by atoms with Crippen molar-refractivity contribution in [2.24, 2.45) is 0 Å². The lowest BCUT2D eigenvalue weighted by atomic mass is 10.2. The second-order valence-corrected chi connectivity index (χ2v) is 8.38. The van der Waals surface area contributed by atoms with E-state index in [0.29, 0.717) is 46.2 Å². The summed E-state index contributed by atoms with van der Waals surface area (Å²) in [5.41, 5.74) is 0.471. The number of hydrogen-bond donors (Lipinski definition) is 0. The Hall–Kier alpha value is -2.16. The molecule has 0 atom stereocenters. The third-order valence-electron chi connectivity index (χ3n) is 4.33. The molecule has 140 valence electrons. The first kappa shape index (κ1) is 18.2. The molecule has 4 heterocycles. The van der Waals surface area contributed by atoms with Crippen LogP contribution in [0.1, 0.15) is 16.2 Å². The van der Waals surface area contributed by atoms with Crippen LogP contribution in [0.25, 0.3) is 5.82 Å². The van der Waals surface area contributed by atoms with Gasteiger partial charge < -0.3 is 9.80 Å². The summed E-state index contributed by atoms with van der Waals surface area (Å²) in [5, 5.41) is 4.23. The summed E-state index contributed by atoms with van der Waals surface area (Å²) in [6, 6.07) is 5.39. The van der Waals surface area contributed by atoms with Crippen LogP contribution in [0.5, 0.6) is 0 Å². The van der Waals surface area contributed by atoms with Crippen molar-refractivity contribution < 1.29 is 4.79 Å². The number of anilines is 1. The van der Waals surface area contributed by atoms with Gasteiger partial charge in [0.2, 0.25) is 0 Å². The summed E-state index contributed by atoms with van der Waals surface area (Å²) < 4.78 is 2.66. The van der Waals surface area contributed by atoms with E-state index in [0.717, 1.165) is 11.6 Å². The van der Waals surface area contributed by atoms with Gasteiger partial charge in [-0.25, -0.2) is 14.6 Å².